The Hall–Kier alpha value is -3.61. The number of amides is 1. The van der Waals surface area contributed by atoms with Crippen LogP contribution in [0.2, 0.25) is 0 Å². The zero-order valence-corrected chi connectivity index (χ0v) is 14.6. The van der Waals surface area contributed by atoms with E-state index in [1.807, 2.05) is 0 Å². The van der Waals surface area contributed by atoms with Gasteiger partial charge in [-0.2, -0.15) is 0 Å². The van der Waals surface area contributed by atoms with Gasteiger partial charge >= 0.3 is 0 Å². The Kier molecular flexibility index (Phi) is 4.33. The van der Waals surface area contributed by atoms with Crippen molar-refractivity contribution in [3.05, 3.63) is 71.8 Å². The van der Waals surface area contributed by atoms with Crippen LogP contribution < -0.4 is 14.8 Å². The van der Waals surface area contributed by atoms with Crippen molar-refractivity contribution in [2.45, 2.75) is 0 Å². The van der Waals surface area contributed by atoms with E-state index in [4.69, 9.17) is 9.47 Å². The van der Waals surface area contributed by atoms with Crippen LogP contribution in [-0.2, 0) is 7.05 Å². The van der Waals surface area contributed by atoms with Gasteiger partial charge in [0.2, 0.25) is 5.78 Å². The molecule has 1 N–H and O–H groups in total. The number of imidazole rings is 1. The number of ether oxygens (including phenoxy) is 2. The zero-order valence-electron chi connectivity index (χ0n) is 14.6. The van der Waals surface area contributed by atoms with Crippen LogP contribution in [0.4, 0.5) is 5.69 Å². The third-order valence-electron chi connectivity index (χ3n) is 4.23. The number of anilines is 1. The van der Waals surface area contributed by atoms with Gasteiger partial charge in [0.1, 0.15) is 13.2 Å². The summed E-state index contributed by atoms with van der Waals surface area (Å²) in [7, 11) is 1.77. The molecular formula is C20H17N3O4. The average Bonchev–Trinajstić information content (AvgIpc) is 3.13. The van der Waals surface area contributed by atoms with Crippen LogP contribution in [0.25, 0.3) is 0 Å². The molecule has 0 unspecified atom stereocenters. The first-order chi connectivity index (χ1) is 13.1. The SMILES string of the molecule is Cn1ccnc1C(=O)c1ccc(NC(=O)c2ccc3c(c2)OCCO3)cc1. The Morgan fingerprint density at radius 2 is 1.70 bits per heavy atom. The van der Waals surface area contributed by atoms with Crippen molar-refractivity contribution >= 4 is 17.4 Å². The lowest BCUT2D eigenvalue weighted by atomic mass is 10.1. The minimum Gasteiger partial charge on any atom is -0.486 e. The van der Waals surface area contributed by atoms with Crippen molar-refractivity contribution in [1.82, 2.24) is 9.55 Å². The average molecular weight is 363 g/mol. The Morgan fingerprint density at radius 3 is 2.41 bits per heavy atom. The van der Waals surface area contributed by atoms with Crippen LogP contribution in [0, 0.1) is 0 Å². The van der Waals surface area contributed by atoms with Crippen LogP contribution in [0.5, 0.6) is 11.5 Å². The normalized spacial score (nSPS) is 12.5. The molecule has 0 radical (unpaired) electrons. The van der Waals surface area contributed by atoms with E-state index < -0.39 is 0 Å². The molecule has 0 saturated carbocycles. The van der Waals surface area contributed by atoms with Gasteiger partial charge in [0, 0.05) is 36.3 Å². The highest BCUT2D eigenvalue weighted by atomic mass is 16.6. The third-order valence-corrected chi connectivity index (χ3v) is 4.23. The van der Waals surface area contributed by atoms with E-state index >= 15 is 0 Å². The third kappa shape index (κ3) is 3.39. The van der Waals surface area contributed by atoms with Gasteiger partial charge in [0.15, 0.2) is 17.3 Å². The molecule has 0 spiro atoms. The molecule has 0 bridgehead atoms. The molecule has 7 heteroatoms. The van der Waals surface area contributed by atoms with Gasteiger partial charge in [-0.25, -0.2) is 4.98 Å². The van der Waals surface area contributed by atoms with Gasteiger partial charge in [-0.15, -0.1) is 0 Å². The molecule has 27 heavy (non-hydrogen) atoms. The summed E-state index contributed by atoms with van der Waals surface area (Å²) in [4.78, 5) is 28.9. The maximum Gasteiger partial charge on any atom is 0.255 e. The minimum absolute atomic E-state index is 0.174. The van der Waals surface area contributed by atoms with Crippen LogP contribution in [0.15, 0.2) is 54.9 Å². The number of hydrogen-bond donors (Lipinski definition) is 1. The number of benzene rings is 2. The van der Waals surface area contributed by atoms with Crippen molar-refractivity contribution in [2.24, 2.45) is 7.05 Å². The number of aryl methyl sites for hydroxylation is 1. The number of fused-ring (bicyclic) bond motifs is 1. The highest BCUT2D eigenvalue weighted by Gasteiger charge is 2.16. The highest BCUT2D eigenvalue weighted by molar-refractivity contribution is 6.08. The molecule has 4 rings (SSSR count). The van der Waals surface area contributed by atoms with Crippen molar-refractivity contribution in [1.29, 1.82) is 0 Å². The number of ketones is 1. The lowest BCUT2D eigenvalue weighted by Gasteiger charge is -2.18. The van der Waals surface area contributed by atoms with Crippen LogP contribution in [0.1, 0.15) is 26.5 Å². The number of carbonyl (C=O) groups excluding carboxylic acids is 2. The summed E-state index contributed by atoms with van der Waals surface area (Å²) in [6, 6.07) is 11.8. The van der Waals surface area contributed by atoms with Gasteiger partial charge in [-0.05, 0) is 42.5 Å². The van der Waals surface area contributed by atoms with Gasteiger partial charge in [0.25, 0.3) is 5.91 Å². The Labute approximate surface area is 155 Å². The maximum absolute atomic E-state index is 12.5. The van der Waals surface area contributed by atoms with Crippen molar-refractivity contribution < 1.29 is 19.1 Å². The molecule has 1 aromatic heterocycles. The second-order valence-electron chi connectivity index (χ2n) is 6.08. The van der Waals surface area contributed by atoms with Crippen molar-refractivity contribution in [3.8, 4) is 11.5 Å². The molecule has 0 saturated heterocycles. The molecule has 136 valence electrons. The fraction of sp³-hybridized carbons (Fsp3) is 0.150. The summed E-state index contributed by atoms with van der Waals surface area (Å²) in [5.41, 5.74) is 1.56. The van der Waals surface area contributed by atoms with E-state index in [1.54, 1.807) is 66.5 Å². The number of carbonyl (C=O) groups is 2. The Bertz CT molecular complexity index is 1010. The first-order valence-electron chi connectivity index (χ1n) is 8.45. The molecule has 1 aliphatic heterocycles. The molecule has 7 nitrogen and oxygen atoms in total. The van der Waals surface area contributed by atoms with E-state index in [-0.39, 0.29) is 11.7 Å². The van der Waals surface area contributed by atoms with E-state index in [0.29, 0.717) is 47.4 Å². The molecule has 3 aromatic rings. The first-order valence-corrected chi connectivity index (χ1v) is 8.45. The van der Waals surface area contributed by atoms with E-state index in [1.165, 1.54) is 0 Å². The van der Waals surface area contributed by atoms with Gasteiger partial charge < -0.3 is 19.4 Å². The fourth-order valence-corrected chi connectivity index (χ4v) is 2.81. The summed E-state index contributed by atoms with van der Waals surface area (Å²) < 4.78 is 12.6. The molecule has 2 heterocycles. The molecule has 0 fully saturated rings. The Morgan fingerprint density at radius 1 is 1.00 bits per heavy atom. The molecule has 1 aliphatic rings. The molecule has 0 atom stereocenters. The number of nitrogens with zero attached hydrogens (tertiary/aromatic N) is 2. The molecule has 0 aliphatic carbocycles. The molecule has 2 aromatic carbocycles. The molecular weight excluding hydrogens is 346 g/mol. The smallest absolute Gasteiger partial charge is 0.255 e. The summed E-state index contributed by atoms with van der Waals surface area (Å²) >= 11 is 0. The lowest BCUT2D eigenvalue weighted by Crippen LogP contribution is -2.17. The van der Waals surface area contributed by atoms with Crippen LogP contribution in [0.3, 0.4) is 0 Å². The maximum atomic E-state index is 12.5. The van der Waals surface area contributed by atoms with Crippen molar-refractivity contribution in [3.63, 3.8) is 0 Å². The van der Waals surface area contributed by atoms with Crippen molar-refractivity contribution in [2.75, 3.05) is 18.5 Å². The molecule has 1 amide bonds. The fourth-order valence-electron chi connectivity index (χ4n) is 2.81. The summed E-state index contributed by atoms with van der Waals surface area (Å²) in [5.74, 6) is 1.12. The summed E-state index contributed by atoms with van der Waals surface area (Å²) in [5, 5.41) is 2.81. The van der Waals surface area contributed by atoms with E-state index in [0.717, 1.165) is 0 Å². The second-order valence-corrected chi connectivity index (χ2v) is 6.08. The highest BCUT2D eigenvalue weighted by Crippen LogP contribution is 2.31. The monoisotopic (exact) mass is 363 g/mol. The van der Waals surface area contributed by atoms with Gasteiger partial charge in [-0.3, -0.25) is 9.59 Å². The van der Waals surface area contributed by atoms with Crippen LogP contribution >= 0.6 is 0 Å². The number of rotatable bonds is 4. The van der Waals surface area contributed by atoms with Gasteiger partial charge in [0.05, 0.1) is 0 Å². The van der Waals surface area contributed by atoms with E-state index in [2.05, 4.69) is 10.3 Å². The van der Waals surface area contributed by atoms with E-state index in [9.17, 15) is 9.59 Å². The Balaban J connectivity index is 1.47. The number of nitrogens with one attached hydrogen (secondary N) is 1. The number of aromatic nitrogens is 2. The largest absolute Gasteiger partial charge is 0.486 e. The minimum atomic E-state index is -0.268. The standard InChI is InChI=1S/C20H17N3O4/c1-23-9-8-21-19(23)18(24)13-2-5-15(6-3-13)22-20(25)14-4-7-16-17(12-14)27-11-10-26-16/h2-9,12H,10-11H2,1H3,(H,22,25). The topological polar surface area (TPSA) is 82.5 Å². The summed E-state index contributed by atoms with van der Waals surface area (Å²) in [6.07, 6.45) is 3.30. The zero-order chi connectivity index (χ0) is 18.8. The predicted octanol–water partition coefficient (Wildman–Crippen LogP) is 2.67. The summed E-state index contributed by atoms with van der Waals surface area (Å²) in [6.45, 7) is 0.964. The second kappa shape index (κ2) is 6.95. The lowest BCUT2D eigenvalue weighted by molar-refractivity contribution is 0.101. The quantitative estimate of drug-likeness (QED) is 0.721. The van der Waals surface area contributed by atoms with Gasteiger partial charge in [-0.1, -0.05) is 0 Å². The first kappa shape index (κ1) is 16.8. The van der Waals surface area contributed by atoms with Crippen LogP contribution in [-0.4, -0.2) is 34.5 Å². The predicted molar refractivity (Wildman–Crippen MR) is 98.5 cm³/mol. The number of hydrogen-bond acceptors (Lipinski definition) is 5.